The summed E-state index contributed by atoms with van der Waals surface area (Å²) >= 11 is 7.88. The van der Waals surface area contributed by atoms with E-state index in [1.165, 1.54) is 28.6 Å². The molecule has 0 bridgehead atoms. The molecule has 3 heterocycles. The molecule has 1 aliphatic heterocycles. The monoisotopic (exact) mass is 495 g/mol. The van der Waals surface area contributed by atoms with E-state index in [2.05, 4.69) is 46.1 Å². The molecule has 0 saturated heterocycles. The minimum atomic E-state index is -0.180. The maximum Gasteiger partial charge on any atom is 0.306 e. The lowest BCUT2D eigenvalue weighted by Crippen LogP contribution is -2.07. The van der Waals surface area contributed by atoms with Crippen molar-refractivity contribution < 1.29 is 9.53 Å². The van der Waals surface area contributed by atoms with Gasteiger partial charge in [0, 0.05) is 51.0 Å². The van der Waals surface area contributed by atoms with Gasteiger partial charge in [0.05, 0.1) is 19.0 Å². The summed E-state index contributed by atoms with van der Waals surface area (Å²) in [6.07, 6.45) is 1.28. The Hall–Kier alpha value is -2.84. The van der Waals surface area contributed by atoms with Crippen molar-refractivity contribution in [3.8, 4) is 11.4 Å². The van der Waals surface area contributed by atoms with Crippen LogP contribution in [0.3, 0.4) is 0 Å². The molecule has 1 atom stereocenters. The van der Waals surface area contributed by atoms with Crippen molar-refractivity contribution in [2.75, 3.05) is 7.11 Å². The third kappa shape index (κ3) is 3.99. The molecule has 4 aromatic rings. The summed E-state index contributed by atoms with van der Waals surface area (Å²) in [6.45, 7) is 5.27. The zero-order valence-electron chi connectivity index (χ0n) is 19.6. The molecular weight excluding hydrogens is 470 g/mol. The number of carbonyl (C=O) groups is 1. The lowest BCUT2D eigenvalue weighted by Gasteiger charge is -2.15. The van der Waals surface area contributed by atoms with Crippen LogP contribution in [0.5, 0.6) is 0 Å². The quantitative estimate of drug-likeness (QED) is 0.314. The van der Waals surface area contributed by atoms with Crippen LogP contribution in [0, 0.1) is 0 Å². The van der Waals surface area contributed by atoms with E-state index in [4.69, 9.17) is 16.3 Å². The highest BCUT2D eigenvalue weighted by Gasteiger charge is 2.33. The van der Waals surface area contributed by atoms with Crippen molar-refractivity contribution in [1.29, 1.82) is 0 Å². The standard InChI is InChI=1S/C25H26ClN5O2S/c1-14(2)19-11-16(25-27-28-29-30(25)3)12-20-22(19)24(34-18-7-5-17(26)6-8-18)23-15(9-10-31(20)23)13-21(32)33-4/h5-8,11-12,14-15H,9-10,13H2,1-4H3. The Morgan fingerprint density at radius 2 is 2.03 bits per heavy atom. The number of fused-ring (bicyclic) bond motifs is 3. The van der Waals surface area contributed by atoms with Crippen LogP contribution in [-0.4, -0.2) is 37.9 Å². The van der Waals surface area contributed by atoms with Crippen LogP contribution in [0.15, 0.2) is 46.2 Å². The Morgan fingerprint density at radius 3 is 2.68 bits per heavy atom. The molecule has 7 nitrogen and oxygen atoms in total. The van der Waals surface area contributed by atoms with Crippen LogP contribution < -0.4 is 0 Å². The van der Waals surface area contributed by atoms with Crippen molar-refractivity contribution in [3.05, 3.63) is 52.7 Å². The van der Waals surface area contributed by atoms with E-state index < -0.39 is 0 Å². The Morgan fingerprint density at radius 1 is 1.26 bits per heavy atom. The molecule has 34 heavy (non-hydrogen) atoms. The lowest BCUT2D eigenvalue weighted by molar-refractivity contribution is -0.141. The second-order valence-corrected chi connectivity index (χ2v) is 10.4. The number of halogens is 1. The first-order valence-electron chi connectivity index (χ1n) is 11.3. The highest BCUT2D eigenvalue weighted by atomic mass is 35.5. The Labute approximate surface area is 207 Å². The number of tetrazole rings is 1. The lowest BCUT2D eigenvalue weighted by atomic mass is 9.94. The molecule has 176 valence electrons. The fourth-order valence-electron chi connectivity index (χ4n) is 4.82. The van der Waals surface area contributed by atoms with Crippen molar-refractivity contribution >= 4 is 40.2 Å². The van der Waals surface area contributed by atoms with E-state index in [1.807, 2.05) is 31.3 Å². The molecule has 0 fully saturated rings. The third-order valence-corrected chi connectivity index (χ3v) is 7.83. The van der Waals surface area contributed by atoms with E-state index in [0.29, 0.717) is 11.4 Å². The minimum absolute atomic E-state index is 0.106. The van der Waals surface area contributed by atoms with Crippen LogP contribution in [0.25, 0.3) is 22.3 Å². The minimum Gasteiger partial charge on any atom is -0.469 e. The summed E-state index contributed by atoms with van der Waals surface area (Å²) in [7, 11) is 3.31. The highest BCUT2D eigenvalue weighted by Crippen LogP contribution is 2.49. The summed E-state index contributed by atoms with van der Waals surface area (Å²) in [5.74, 6) is 0.946. The van der Waals surface area contributed by atoms with Crippen LogP contribution in [-0.2, 0) is 23.1 Å². The summed E-state index contributed by atoms with van der Waals surface area (Å²) in [5.41, 5.74) is 4.59. The molecule has 2 aromatic carbocycles. The highest BCUT2D eigenvalue weighted by molar-refractivity contribution is 7.99. The van der Waals surface area contributed by atoms with E-state index in [-0.39, 0.29) is 17.8 Å². The van der Waals surface area contributed by atoms with Gasteiger partial charge in [0.25, 0.3) is 0 Å². The molecule has 1 aliphatic rings. The topological polar surface area (TPSA) is 74.8 Å². The molecule has 0 radical (unpaired) electrons. The SMILES string of the molecule is COC(=O)CC1CCn2c1c(Sc1ccc(Cl)cc1)c1c(C(C)C)cc(-c3nnnn3C)cc12. The van der Waals surface area contributed by atoms with Crippen molar-refractivity contribution in [3.63, 3.8) is 0 Å². The molecule has 1 unspecified atom stereocenters. The average molecular weight is 496 g/mol. The van der Waals surface area contributed by atoms with E-state index in [1.54, 1.807) is 16.4 Å². The first-order valence-corrected chi connectivity index (χ1v) is 12.5. The number of nitrogens with zero attached hydrogens (tertiary/aromatic N) is 5. The first-order chi connectivity index (χ1) is 16.4. The fraction of sp³-hybridized carbons (Fsp3) is 0.360. The van der Waals surface area contributed by atoms with Gasteiger partial charge in [-0.2, -0.15) is 0 Å². The van der Waals surface area contributed by atoms with Gasteiger partial charge in [-0.05, 0) is 64.7 Å². The Balaban J connectivity index is 1.76. The number of hydrogen-bond donors (Lipinski definition) is 0. The Kier molecular flexibility index (Phi) is 6.12. The second-order valence-electron chi connectivity index (χ2n) is 8.93. The normalized spacial score (nSPS) is 15.3. The number of ether oxygens (including phenoxy) is 1. The van der Waals surface area contributed by atoms with Gasteiger partial charge in [0.2, 0.25) is 0 Å². The summed E-state index contributed by atoms with van der Waals surface area (Å²) < 4.78 is 9.09. The molecule has 0 amide bonds. The summed E-state index contributed by atoms with van der Waals surface area (Å²) in [4.78, 5) is 14.6. The van der Waals surface area contributed by atoms with Gasteiger partial charge in [-0.25, -0.2) is 4.68 Å². The number of rotatable bonds is 6. The van der Waals surface area contributed by atoms with Gasteiger partial charge in [0.15, 0.2) is 5.82 Å². The number of carbonyl (C=O) groups excluding carboxylic acids is 1. The van der Waals surface area contributed by atoms with Crippen LogP contribution >= 0.6 is 23.4 Å². The van der Waals surface area contributed by atoms with Gasteiger partial charge in [-0.3, -0.25) is 4.79 Å². The number of benzene rings is 2. The number of methoxy groups -OCH3 is 1. The fourth-order valence-corrected chi connectivity index (χ4v) is 6.16. The smallest absolute Gasteiger partial charge is 0.306 e. The third-order valence-electron chi connectivity index (χ3n) is 6.45. The van der Waals surface area contributed by atoms with Gasteiger partial charge in [-0.15, -0.1) is 5.10 Å². The summed E-state index contributed by atoms with van der Waals surface area (Å²) in [5, 5.41) is 14.1. The molecule has 0 aliphatic carbocycles. The number of aryl methyl sites for hydroxylation is 2. The van der Waals surface area contributed by atoms with Gasteiger partial charge in [-0.1, -0.05) is 37.2 Å². The van der Waals surface area contributed by atoms with Gasteiger partial charge >= 0.3 is 5.97 Å². The van der Waals surface area contributed by atoms with Crippen LogP contribution in [0.1, 0.15) is 49.8 Å². The number of esters is 1. The van der Waals surface area contributed by atoms with E-state index >= 15 is 0 Å². The predicted octanol–water partition coefficient (Wildman–Crippen LogP) is 5.81. The number of hydrogen-bond acceptors (Lipinski definition) is 6. The molecule has 0 spiro atoms. The molecular formula is C25H26ClN5O2S. The zero-order chi connectivity index (χ0) is 24.0. The molecule has 0 N–H and O–H groups in total. The zero-order valence-corrected chi connectivity index (χ0v) is 21.2. The van der Waals surface area contributed by atoms with Crippen LogP contribution in [0.2, 0.25) is 5.02 Å². The van der Waals surface area contributed by atoms with E-state index in [9.17, 15) is 4.79 Å². The molecule has 2 aromatic heterocycles. The van der Waals surface area contributed by atoms with Gasteiger partial charge in [0.1, 0.15) is 0 Å². The molecule has 0 saturated carbocycles. The Bertz CT molecular complexity index is 1380. The molecule has 9 heteroatoms. The second kappa shape index (κ2) is 9.07. The average Bonchev–Trinajstić information content (AvgIpc) is 3.51. The van der Waals surface area contributed by atoms with Gasteiger partial charge < -0.3 is 9.30 Å². The van der Waals surface area contributed by atoms with E-state index in [0.717, 1.165) is 34.8 Å². The van der Waals surface area contributed by atoms with Crippen molar-refractivity contribution in [2.45, 2.75) is 54.9 Å². The molecule has 5 rings (SSSR count). The van der Waals surface area contributed by atoms with Crippen molar-refractivity contribution in [1.82, 2.24) is 24.8 Å². The van der Waals surface area contributed by atoms with Crippen molar-refractivity contribution in [2.24, 2.45) is 7.05 Å². The predicted molar refractivity (Wildman–Crippen MR) is 133 cm³/mol. The van der Waals surface area contributed by atoms with Crippen LogP contribution in [0.4, 0.5) is 0 Å². The first kappa shape index (κ1) is 22.9. The number of aromatic nitrogens is 5. The largest absolute Gasteiger partial charge is 0.469 e. The maximum absolute atomic E-state index is 12.2. The maximum atomic E-state index is 12.2. The summed E-state index contributed by atoms with van der Waals surface area (Å²) in [6, 6.07) is 12.3.